The maximum Gasteiger partial charge on any atom is 0.214 e. The number of carbonyl (C=O) groups is 1. The maximum absolute atomic E-state index is 12.0. The summed E-state index contributed by atoms with van der Waals surface area (Å²) in [5.41, 5.74) is 2.31. The van der Waals surface area contributed by atoms with Crippen molar-refractivity contribution in [1.82, 2.24) is 9.59 Å². The minimum atomic E-state index is -0.0515. The molecule has 0 aliphatic heterocycles. The predicted molar refractivity (Wildman–Crippen MR) is 68.3 cm³/mol. The molecule has 0 fully saturated rings. The van der Waals surface area contributed by atoms with Crippen LogP contribution in [0.2, 0.25) is 0 Å². The van der Waals surface area contributed by atoms with Crippen molar-refractivity contribution >= 4 is 17.3 Å². The summed E-state index contributed by atoms with van der Waals surface area (Å²) in [4.78, 5) is 12.0. The monoisotopic (exact) mass is 246 g/mol. The summed E-state index contributed by atoms with van der Waals surface area (Å²) in [7, 11) is 0. The van der Waals surface area contributed by atoms with Gasteiger partial charge in [-0.2, -0.15) is 0 Å². The van der Waals surface area contributed by atoms with Crippen molar-refractivity contribution in [3.63, 3.8) is 0 Å². The lowest BCUT2D eigenvalue weighted by Crippen LogP contribution is -2.03. The Bertz CT molecular complexity index is 506. The Kier molecular flexibility index (Phi) is 3.64. The first-order valence-corrected chi connectivity index (χ1v) is 6.41. The van der Waals surface area contributed by atoms with Gasteiger partial charge < -0.3 is 0 Å². The molecule has 0 spiro atoms. The second-order valence-electron chi connectivity index (χ2n) is 4.42. The molecule has 2 rings (SSSR count). The van der Waals surface area contributed by atoms with Crippen LogP contribution in [0.1, 0.15) is 35.5 Å². The Morgan fingerprint density at radius 1 is 1.41 bits per heavy atom. The minimum absolute atomic E-state index is 0.0515. The van der Waals surface area contributed by atoms with Gasteiger partial charge in [-0.05, 0) is 35.5 Å². The van der Waals surface area contributed by atoms with Crippen molar-refractivity contribution in [2.45, 2.75) is 20.3 Å². The molecule has 0 N–H and O–H groups in total. The molecule has 1 aromatic heterocycles. The fourth-order valence-electron chi connectivity index (χ4n) is 1.72. The van der Waals surface area contributed by atoms with Crippen LogP contribution in [-0.4, -0.2) is 15.4 Å². The number of carbonyl (C=O) groups excluding carboxylic acids is 1. The molecule has 0 aliphatic carbocycles. The number of ketones is 1. The standard InChI is InChI=1S/C13H14N2OS/c1-9(2)6-10-4-3-5-11(7-10)13(16)12-8-17-15-14-12/h3-5,7-9H,6H2,1-2H3. The van der Waals surface area contributed by atoms with E-state index in [1.165, 1.54) is 17.1 Å². The molecule has 0 saturated carbocycles. The summed E-state index contributed by atoms with van der Waals surface area (Å²) in [6.45, 7) is 4.33. The van der Waals surface area contributed by atoms with E-state index in [2.05, 4.69) is 29.5 Å². The topological polar surface area (TPSA) is 42.9 Å². The smallest absolute Gasteiger partial charge is 0.214 e. The van der Waals surface area contributed by atoms with Crippen LogP contribution >= 0.6 is 11.5 Å². The van der Waals surface area contributed by atoms with Gasteiger partial charge in [0, 0.05) is 10.9 Å². The highest BCUT2D eigenvalue weighted by Gasteiger charge is 2.12. The van der Waals surface area contributed by atoms with E-state index in [0.29, 0.717) is 17.2 Å². The van der Waals surface area contributed by atoms with Crippen LogP contribution in [0.25, 0.3) is 0 Å². The highest BCUT2D eigenvalue weighted by molar-refractivity contribution is 7.03. The Labute approximate surface area is 105 Å². The third-order valence-corrected chi connectivity index (χ3v) is 2.93. The maximum atomic E-state index is 12.0. The number of rotatable bonds is 4. The molecule has 4 heteroatoms. The Balaban J connectivity index is 2.24. The molecule has 0 saturated heterocycles. The van der Waals surface area contributed by atoms with Crippen molar-refractivity contribution in [3.8, 4) is 0 Å². The lowest BCUT2D eigenvalue weighted by Gasteiger charge is -2.06. The fraction of sp³-hybridized carbons (Fsp3) is 0.308. The van der Waals surface area contributed by atoms with E-state index < -0.39 is 0 Å². The first kappa shape index (κ1) is 11.9. The van der Waals surface area contributed by atoms with Crippen LogP contribution in [0.5, 0.6) is 0 Å². The lowest BCUT2D eigenvalue weighted by atomic mass is 9.99. The summed E-state index contributed by atoms with van der Waals surface area (Å²) in [5, 5.41) is 5.48. The van der Waals surface area contributed by atoms with Gasteiger partial charge in [0.25, 0.3) is 0 Å². The van der Waals surface area contributed by atoms with E-state index in [4.69, 9.17) is 0 Å². The highest BCUT2D eigenvalue weighted by atomic mass is 32.1. The van der Waals surface area contributed by atoms with Crippen LogP contribution in [0, 0.1) is 5.92 Å². The molecule has 88 valence electrons. The zero-order valence-electron chi connectivity index (χ0n) is 9.88. The minimum Gasteiger partial charge on any atom is -0.287 e. The number of nitrogens with zero attached hydrogens (tertiary/aromatic N) is 2. The van der Waals surface area contributed by atoms with Crippen molar-refractivity contribution in [1.29, 1.82) is 0 Å². The Hall–Kier alpha value is -1.55. The van der Waals surface area contributed by atoms with Gasteiger partial charge in [0.1, 0.15) is 5.69 Å². The van der Waals surface area contributed by atoms with Gasteiger partial charge >= 0.3 is 0 Å². The predicted octanol–water partition coefficient (Wildman–Crippen LogP) is 2.97. The average Bonchev–Trinajstić information content (AvgIpc) is 2.81. The van der Waals surface area contributed by atoms with E-state index >= 15 is 0 Å². The SMILES string of the molecule is CC(C)Cc1cccc(C(=O)c2csnn2)c1. The average molecular weight is 246 g/mol. The van der Waals surface area contributed by atoms with Crippen molar-refractivity contribution in [2.75, 3.05) is 0 Å². The van der Waals surface area contributed by atoms with Crippen LogP contribution in [0.4, 0.5) is 0 Å². The summed E-state index contributed by atoms with van der Waals surface area (Å²) < 4.78 is 3.71. The van der Waals surface area contributed by atoms with Gasteiger partial charge in [-0.25, -0.2) is 0 Å². The number of hydrogen-bond donors (Lipinski definition) is 0. The molecule has 0 aliphatic rings. The lowest BCUT2D eigenvalue weighted by molar-refractivity contribution is 0.103. The van der Waals surface area contributed by atoms with Crippen molar-refractivity contribution in [3.05, 3.63) is 46.5 Å². The van der Waals surface area contributed by atoms with E-state index in [9.17, 15) is 4.79 Å². The van der Waals surface area contributed by atoms with Gasteiger partial charge in [0.2, 0.25) is 5.78 Å². The van der Waals surface area contributed by atoms with Crippen molar-refractivity contribution in [2.24, 2.45) is 5.92 Å². The molecular formula is C13H14N2OS. The van der Waals surface area contributed by atoms with Gasteiger partial charge in [-0.3, -0.25) is 4.79 Å². The molecule has 0 radical (unpaired) electrons. The fourth-order valence-corrected chi connectivity index (χ4v) is 2.16. The zero-order valence-corrected chi connectivity index (χ0v) is 10.7. The zero-order chi connectivity index (χ0) is 12.3. The molecule has 0 unspecified atom stereocenters. The summed E-state index contributed by atoms with van der Waals surface area (Å²) in [5.74, 6) is 0.533. The molecule has 17 heavy (non-hydrogen) atoms. The number of hydrogen-bond acceptors (Lipinski definition) is 4. The molecule has 2 aromatic rings. The first-order valence-electron chi connectivity index (χ1n) is 5.57. The molecule has 3 nitrogen and oxygen atoms in total. The first-order chi connectivity index (χ1) is 8.16. The second-order valence-corrected chi connectivity index (χ2v) is 5.03. The molecule has 0 amide bonds. The third-order valence-electron chi connectivity index (χ3n) is 2.43. The van der Waals surface area contributed by atoms with Crippen LogP contribution in [-0.2, 0) is 6.42 Å². The molecular weight excluding hydrogens is 232 g/mol. The van der Waals surface area contributed by atoms with E-state index in [1.807, 2.05) is 18.2 Å². The molecule has 0 atom stereocenters. The third kappa shape index (κ3) is 2.97. The van der Waals surface area contributed by atoms with E-state index in [-0.39, 0.29) is 5.78 Å². The summed E-state index contributed by atoms with van der Waals surface area (Å²) in [6, 6.07) is 7.74. The quantitative estimate of drug-likeness (QED) is 0.779. The normalized spacial score (nSPS) is 10.8. The van der Waals surface area contributed by atoms with Crippen LogP contribution < -0.4 is 0 Å². The highest BCUT2D eigenvalue weighted by Crippen LogP contribution is 2.13. The van der Waals surface area contributed by atoms with Crippen LogP contribution in [0.15, 0.2) is 29.6 Å². The van der Waals surface area contributed by atoms with E-state index in [0.717, 1.165) is 6.42 Å². The van der Waals surface area contributed by atoms with Gasteiger partial charge in [0.15, 0.2) is 0 Å². The molecule has 1 aromatic carbocycles. The van der Waals surface area contributed by atoms with Gasteiger partial charge in [0.05, 0.1) is 0 Å². The number of benzene rings is 1. The van der Waals surface area contributed by atoms with Crippen molar-refractivity contribution < 1.29 is 4.79 Å². The second kappa shape index (κ2) is 5.19. The van der Waals surface area contributed by atoms with E-state index in [1.54, 1.807) is 5.38 Å². The largest absolute Gasteiger partial charge is 0.287 e. The summed E-state index contributed by atoms with van der Waals surface area (Å²) >= 11 is 1.20. The Morgan fingerprint density at radius 3 is 2.88 bits per heavy atom. The summed E-state index contributed by atoms with van der Waals surface area (Å²) in [6.07, 6.45) is 0.983. The van der Waals surface area contributed by atoms with Gasteiger partial charge in [-0.15, -0.1) is 5.10 Å². The van der Waals surface area contributed by atoms with Crippen LogP contribution in [0.3, 0.4) is 0 Å². The van der Waals surface area contributed by atoms with Gasteiger partial charge in [-0.1, -0.05) is 36.5 Å². The number of aromatic nitrogens is 2. The molecule has 1 heterocycles. The molecule has 0 bridgehead atoms. The Morgan fingerprint density at radius 2 is 2.24 bits per heavy atom.